The molecule has 0 spiro atoms. The van der Waals surface area contributed by atoms with Crippen LogP contribution < -0.4 is 10.6 Å². The predicted molar refractivity (Wildman–Crippen MR) is 90.1 cm³/mol. The third-order valence-corrected chi connectivity index (χ3v) is 3.48. The summed E-state index contributed by atoms with van der Waals surface area (Å²) in [6.07, 6.45) is 1.83. The van der Waals surface area contributed by atoms with Gasteiger partial charge in [-0.3, -0.25) is 0 Å². The van der Waals surface area contributed by atoms with Gasteiger partial charge in [-0.05, 0) is 60.5 Å². The van der Waals surface area contributed by atoms with E-state index in [9.17, 15) is 4.39 Å². The van der Waals surface area contributed by atoms with Crippen molar-refractivity contribution in [3.05, 3.63) is 65.5 Å². The van der Waals surface area contributed by atoms with E-state index in [0.717, 1.165) is 24.1 Å². The van der Waals surface area contributed by atoms with Gasteiger partial charge >= 0.3 is 0 Å². The molecule has 0 aliphatic heterocycles. The molecule has 2 nitrogen and oxygen atoms in total. The Bertz CT molecular complexity index is 579. The van der Waals surface area contributed by atoms with Crippen molar-refractivity contribution in [3.63, 3.8) is 0 Å². The molecule has 0 amide bonds. The van der Waals surface area contributed by atoms with Crippen LogP contribution in [0.4, 0.5) is 10.1 Å². The summed E-state index contributed by atoms with van der Waals surface area (Å²) in [6, 6.07) is 14.7. The number of hydrogen-bond acceptors (Lipinski definition) is 1. The van der Waals surface area contributed by atoms with Crippen molar-refractivity contribution in [1.29, 1.82) is 0 Å². The van der Waals surface area contributed by atoms with E-state index in [0.29, 0.717) is 11.7 Å². The Hall–Kier alpha value is -1.94. The average Bonchev–Trinajstić information content (AvgIpc) is 2.50. The Morgan fingerprint density at radius 3 is 2.24 bits per heavy atom. The van der Waals surface area contributed by atoms with Crippen LogP contribution in [0, 0.1) is 5.82 Å². The maximum absolute atomic E-state index is 12.8. The number of thiocarbonyl (C=S) groups is 1. The lowest BCUT2D eigenvalue weighted by Crippen LogP contribution is -2.30. The van der Waals surface area contributed by atoms with Crippen molar-refractivity contribution in [3.8, 4) is 0 Å². The molecule has 0 unspecified atom stereocenters. The van der Waals surface area contributed by atoms with E-state index >= 15 is 0 Å². The van der Waals surface area contributed by atoms with E-state index in [-0.39, 0.29) is 5.82 Å². The molecule has 0 saturated carbocycles. The molecule has 0 atom stereocenters. The highest BCUT2D eigenvalue weighted by molar-refractivity contribution is 7.80. The van der Waals surface area contributed by atoms with Crippen LogP contribution in [0.5, 0.6) is 0 Å². The topological polar surface area (TPSA) is 24.1 Å². The molecule has 0 radical (unpaired) electrons. The van der Waals surface area contributed by atoms with Crippen LogP contribution in [0.2, 0.25) is 0 Å². The van der Waals surface area contributed by atoms with E-state index < -0.39 is 0 Å². The van der Waals surface area contributed by atoms with Crippen LogP contribution in [0.1, 0.15) is 18.1 Å². The number of anilines is 1. The van der Waals surface area contributed by atoms with E-state index in [1.807, 2.05) is 12.1 Å². The zero-order valence-corrected chi connectivity index (χ0v) is 12.8. The Morgan fingerprint density at radius 2 is 1.62 bits per heavy atom. The number of aryl methyl sites for hydroxylation is 1. The Morgan fingerprint density at radius 1 is 1.00 bits per heavy atom. The maximum atomic E-state index is 12.8. The standard InChI is InChI=1S/C17H19FN2S/c1-2-13-5-9-16(10-6-13)20-17(21)19-12-11-14-3-7-15(18)8-4-14/h3-10H,2,11-12H2,1H3,(H2,19,20,21). The van der Waals surface area contributed by atoms with Gasteiger partial charge in [-0.25, -0.2) is 4.39 Å². The molecule has 0 saturated heterocycles. The summed E-state index contributed by atoms with van der Waals surface area (Å²) in [7, 11) is 0. The second-order valence-corrected chi connectivity index (χ2v) is 5.22. The third-order valence-electron chi connectivity index (χ3n) is 3.23. The highest BCUT2D eigenvalue weighted by atomic mass is 32.1. The van der Waals surface area contributed by atoms with Gasteiger partial charge in [-0.2, -0.15) is 0 Å². The van der Waals surface area contributed by atoms with Crippen LogP contribution in [0.3, 0.4) is 0 Å². The molecule has 4 heteroatoms. The molecule has 2 N–H and O–H groups in total. The Balaban J connectivity index is 1.75. The van der Waals surface area contributed by atoms with Crippen LogP contribution in [-0.2, 0) is 12.8 Å². The molecular weight excluding hydrogens is 283 g/mol. The summed E-state index contributed by atoms with van der Waals surface area (Å²) in [5, 5.41) is 6.90. The molecule has 2 aromatic carbocycles. The highest BCUT2D eigenvalue weighted by Gasteiger charge is 1.99. The van der Waals surface area contributed by atoms with Crippen molar-refractivity contribution in [1.82, 2.24) is 5.32 Å². The number of halogens is 1. The molecule has 0 aliphatic carbocycles. The lowest BCUT2D eigenvalue weighted by Gasteiger charge is -2.11. The average molecular weight is 302 g/mol. The zero-order valence-electron chi connectivity index (χ0n) is 12.0. The molecule has 110 valence electrons. The van der Waals surface area contributed by atoms with Crippen molar-refractivity contribution in [2.75, 3.05) is 11.9 Å². The highest BCUT2D eigenvalue weighted by Crippen LogP contribution is 2.09. The maximum Gasteiger partial charge on any atom is 0.170 e. The van der Waals surface area contributed by atoms with Gasteiger partial charge in [0.25, 0.3) is 0 Å². The van der Waals surface area contributed by atoms with Crippen LogP contribution in [-0.4, -0.2) is 11.7 Å². The minimum Gasteiger partial charge on any atom is -0.362 e. The summed E-state index contributed by atoms with van der Waals surface area (Å²) in [5.74, 6) is -0.209. The second kappa shape index (κ2) is 7.74. The lowest BCUT2D eigenvalue weighted by atomic mass is 10.1. The van der Waals surface area contributed by atoms with Gasteiger partial charge in [0.15, 0.2) is 5.11 Å². The summed E-state index contributed by atoms with van der Waals surface area (Å²) in [5.41, 5.74) is 3.36. The smallest absolute Gasteiger partial charge is 0.170 e. The molecule has 0 aliphatic rings. The van der Waals surface area contributed by atoms with Gasteiger partial charge in [0.1, 0.15) is 5.82 Å². The van der Waals surface area contributed by atoms with Crippen molar-refractivity contribution < 1.29 is 4.39 Å². The molecule has 2 aromatic rings. The first-order valence-corrected chi connectivity index (χ1v) is 7.46. The SMILES string of the molecule is CCc1ccc(NC(=S)NCCc2ccc(F)cc2)cc1. The molecule has 0 bridgehead atoms. The van der Waals surface area contributed by atoms with Gasteiger partial charge in [-0.1, -0.05) is 31.2 Å². The summed E-state index contributed by atoms with van der Waals surface area (Å²) in [6.45, 7) is 2.84. The van der Waals surface area contributed by atoms with E-state index in [2.05, 4.69) is 29.7 Å². The largest absolute Gasteiger partial charge is 0.362 e. The summed E-state index contributed by atoms with van der Waals surface area (Å²) in [4.78, 5) is 0. The third kappa shape index (κ3) is 5.16. The normalized spacial score (nSPS) is 10.2. The predicted octanol–water partition coefficient (Wildman–Crippen LogP) is 3.92. The first-order chi connectivity index (χ1) is 10.2. The molecule has 0 aromatic heterocycles. The van der Waals surface area contributed by atoms with E-state index in [4.69, 9.17) is 12.2 Å². The molecule has 0 fully saturated rings. The fourth-order valence-electron chi connectivity index (χ4n) is 1.97. The molecule has 21 heavy (non-hydrogen) atoms. The van der Waals surface area contributed by atoms with Gasteiger partial charge in [-0.15, -0.1) is 0 Å². The van der Waals surface area contributed by atoms with Crippen molar-refractivity contribution in [2.45, 2.75) is 19.8 Å². The minimum atomic E-state index is -0.209. The van der Waals surface area contributed by atoms with Crippen molar-refractivity contribution >= 4 is 23.0 Å². The summed E-state index contributed by atoms with van der Waals surface area (Å²) < 4.78 is 12.8. The van der Waals surface area contributed by atoms with Gasteiger partial charge in [0.2, 0.25) is 0 Å². The second-order valence-electron chi connectivity index (χ2n) is 4.81. The first kappa shape index (κ1) is 15.4. The number of hydrogen-bond donors (Lipinski definition) is 2. The minimum absolute atomic E-state index is 0.209. The fraction of sp³-hybridized carbons (Fsp3) is 0.235. The first-order valence-electron chi connectivity index (χ1n) is 7.05. The van der Waals surface area contributed by atoms with Gasteiger partial charge < -0.3 is 10.6 Å². The quantitative estimate of drug-likeness (QED) is 0.819. The number of rotatable bonds is 5. The zero-order chi connectivity index (χ0) is 15.1. The Labute approximate surface area is 130 Å². The van der Waals surface area contributed by atoms with Crippen LogP contribution in [0.15, 0.2) is 48.5 Å². The van der Waals surface area contributed by atoms with Crippen molar-refractivity contribution in [2.24, 2.45) is 0 Å². The molecule has 0 heterocycles. The van der Waals surface area contributed by atoms with Crippen LogP contribution >= 0.6 is 12.2 Å². The van der Waals surface area contributed by atoms with E-state index in [1.165, 1.54) is 17.7 Å². The number of benzene rings is 2. The van der Waals surface area contributed by atoms with E-state index in [1.54, 1.807) is 12.1 Å². The lowest BCUT2D eigenvalue weighted by molar-refractivity contribution is 0.627. The van der Waals surface area contributed by atoms with Crippen LogP contribution in [0.25, 0.3) is 0 Å². The molecular formula is C17H19FN2S. The monoisotopic (exact) mass is 302 g/mol. The van der Waals surface area contributed by atoms with Gasteiger partial charge in [0, 0.05) is 12.2 Å². The summed E-state index contributed by atoms with van der Waals surface area (Å²) >= 11 is 5.25. The Kier molecular flexibility index (Phi) is 5.69. The fourth-order valence-corrected chi connectivity index (χ4v) is 2.19. The number of nitrogens with one attached hydrogen (secondary N) is 2. The molecule has 2 rings (SSSR count). The van der Waals surface area contributed by atoms with Gasteiger partial charge in [0.05, 0.1) is 0 Å².